The second-order valence-corrected chi connectivity index (χ2v) is 4.54. The maximum Gasteiger partial charge on any atom is 0.134 e. The van der Waals surface area contributed by atoms with Crippen molar-refractivity contribution >= 4 is 11.0 Å². The van der Waals surface area contributed by atoms with Crippen LogP contribution in [0, 0.1) is 17.1 Å². The van der Waals surface area contributed by atoms with E-state index in [9.17, 15) is 4.39 Å². The van der Waals surface area contributed by atoms with Crippen LogP contribution >= 0.6 is 0 Å². The van der Waals surface area contributed by atoms with Crippen LogP contribution in [0.1, 0.15) is 22.9 Å². The van der Waals surface area contributed by atoms with E-state index in [-0.39, 0.29) is 5.82 Å². The van der Waals surface area contributed by atoms with Gasteiger partial charge in [0.1, 0.15) is 17.2 Å². The molecule has 0 aliphatic rings. The zero-order valence-electron chi connectivity index (χ0n) is 10.5. The van der Waals surface area contributed by atoms with Crippen LogP contribution in [0.2, 0.25) is 0 Å². The highest BCUT2D eigenvalue weighted by Crippen LogP contribution is 2.27. The number of nitrogens with two attached hydrogens (primary N) is 1. The molecule has 98 valence electrons. The van der Waals surface area contributed by atoms with E-state index in [1.54, 1.807) is 36.4 Å². The molecule has 0 bridgehead atoms. The van der Waals surface area contributed by atoms with E-state index in [2.05, 4.69) is 6.07 Å². The van der Waals surface area contributed by atoms with Crippen LogP contribution in [0.4, 0.5) is 4.39 Å². The van der Waals surface area contributed by atoms with Crippen LogP contribution in [0.3, 0.4) is 0 Å². The van der Waals surface area contributed by atoms with Crippen molar-refractivity contribution in [2.45, 2.75) is 6.04 Å². The highest BCUT2D eigenvalue weighted by molar-refractivity contribution is 5.78. The van der Waals surface area contributed by atoms with Crippen molar-refractivity contribution in [1.82, 2.24) is 0 Å². The third kappa shape index (κ3) is 2.15. The molecule has 1 atom stereocenters. The van der Waals surface area contributed by atoms with Gasteiger partial charge in [0, 0.05) is 5.39 Å². The molecule has 3 rings (SSSR count). The molecular formula is C16H11FN2O. The van der Waals surface area contributed by atoms with Gasteiger partial charge in [0.05, 0.1) is 17.7 Å². The Labute approximate surface area is 115 Å². The molecule has 0 spiro atoms. The smallest absolute Gasteiger partial charge is 0.134 e. The summed E-state index contributed by atoms with van der Waals surface area (Å²) in [5, 5.41) is 9.45. The summed E-state index contributed by atoms with van der Waals surface area (Å²) >= 11 is 0. The molecular weight excluding hydrogens is 255 g/mol. The Bertz CT molecular complexity index is 799. The summed E-state index contributed by atoms with van der Waals surface area (Å²) in [6.07, 6.45) is 0. The Kier molecular flexibility index (Phi) is 2.97. The molecule has 1 heterocycles. The molecule has 3 nitrogen and oxygen atoms in total. The van der Waals surface area contributed by atoms with E-state index in [1.165, 1.54) is 12.1 Å². The van der Waals surface area contributed by atoms with Gasteiger partial charge in [0.2, 0.25) is 0 Å². The van der Waals surface area contributed by atoms with E-state index < -0.39 is 6.04 Å². The Morgan fingerprint density at radius 1 is 1.10 bits per heavy atom. The summed E-state index contributed by atoms with van der Waals surface area (Å²) in [5.41, 5.74) is 8.15. The van der Waals surface area contributed by atoms with E-state index in [0.29, 0.717) is 22.3 Å². The van der Waals surface area contributed by atoms with Crippen LogP contribution in [0.25, 0.3) is 11.0 Å². The lowest BCUT2D eigenvalue weighted by Crippen LogP contribution is -2.10. The van der Waals surface area contributed by atoms with Gasteiger partial charge in [-0.05, 0) is 42.0 Å². The van der Waals surface area contributed by atoms with Crippen LogP contribution in [-0.4, -0.2) is 0 Å². The third-order valence-corrected chi connectivity index (χ3v) is 3.20. The maximum atomic E-state index is 13.1. The van der Waals surface area contributed by atoms with E-state index in [4.69, 9.17) is 15.4 Å². The van der Waals surface area contributed by atoms with Crippen LogP contribution in [-0.2, 0) is 0 Å². The number of benzene rings is 2. The lowest BCUT2D eigenvalue weighted by atomic mass is 10.0. The van der Waals surface area contributed by atoms with Gasteiger partial charge in [0.15, 0.2) is 0 Å². The molecule has 3 aromatic rings. The monoisotopic (exact) mass is 266 g/mol. The normalized spacial score (nSPS) is 12.2. The Balaban J connectivity index is 1.98. The fourth-order valence-electron chi connectivity index (χ4n) is 2.12. The predicted molar refractivity (Wildman–Crippen MR) is 73.4 cm³/mol. The lowest BCUT2D eigenvalue weighted by Gasteiger charge is -2.08. The summed E-state index contributed by atoms with van der Waals surface area (Å²) in [5.74, 6) is 0.257. The van der Waals surface area contributed by atoms with Crippen molar-refractivity contribution in [3.63, 3.8) is 0 Å². The minimum atomic E-state index is -0.446. The molecule has 0 radical (unpaired) electrons. The first kappa shape index (κ1) is 12.4. The number of rotatable bonds is 2. The summed E-state index contributed by atoms with van der Waals surface area (Å²) in [6, 6.07) is 14.7. The Morgan fingerprint density at radius 2 is 1.85 bits per heavy atom. The molecule has 0 amide bonds. The van der Waals surface area contributed by atoms with E-state index in [1.807, 2.05) is 0 Å². The van der Waals surface area contributed by atoms with Crippen molar-refractivity contribution in [2.24, 2.45) is 5.73 Å². The molecule has 0 saturated carbocycles. The predicted octanol–water partition coefficient (Wildman–Crippen LogP) is 3.49. The first-order valence-electron chi connectivity index (χ1n) is 6.12. The standard InChI is InChI=1S/C16H11FN2O/c17-13-5-6-14-12(7-13)8-15(20-14)16(19)11-3-1-10(9-18)2-4-11/h1-8,16H,19H2. The molecule has 2 aromatic carbocycles. The van der Waals surface area contributed by atoms with Crippen LogP contribution in [0.15, 0.2) is 52.9 Å². The molecule has 0 fully saturated rings. The minimum Gasteiger partial charge on any atom is -0.459 e. The van der Waals surface area contributed by atoms with Gasteiger partial charge < -0.3 is 10.2 Å². The largest absolute Gasteiger partial charge is 0.459 e. The molecule has 20 heavy (non-hydrogen) atoms. The molecule has 1 unspecified atom stereocenters. The van der Waals surface area contributed by atoms with Gasteiger partial charge in [-0.1, -0.05) is 12.1 Å². The van der Waals surface area contributed by atoms with Gasteiger partial charge in [-0.15, -0.1) is 0 Å². The van der Waals surface area contributed by atoms with Gasteiger partial charge in [-0.3, -0.25) is 0 Å². The first-order valence-corrected chi connectivity index (χ1v) is 6.12. The average Bonchev–Trinajstić information content (AvgIpc) is 2.89. The van der Waals surface area contributed by atoms with E-state index in [0.717, 1.165) is 5.56 Å². The molecule has 4 heteroatoms. The first-order chi connectivity index (χ1) is 9.67. The number of halogens is 1. The van der Waals surface area contributed by atoms with Gasteiger partial charge in [-0.2, -0.15) is 5.26 Å². The highest BCUT2D eigenvalue weighted by Gasteiger charge is 2.14. The minimum absolute atomic E-state index is 0.309. The molecule has 0 saturated heterocycles. The number of nitrogens with zero attached hydrogens (tertiary/aromatic N) is 1. The fourth-order valence-corrected chi connectivity index (χ4v) is 2.12. The van der Waals surface area contributed by atoms with E-state index >= 15 is 0 Å². The van der Waals surface area contributed by atoms with Gasteiger partial charge in [-0.25, -0.2) is 4.39 Å². The number of hydrogen-bond acceptors (Lipinski definition) is 3. The number of nitriles is 1. The average molecular weight is 266 g/mol. The zero-order valence-corrected chi connectivity index (χ0v) is 10.5. The summed E-state index contributed by atoms with van der Waals surface area (Å²) < 4.78 is 18.8. The van der Waals surface area contributed by atoms with Crippen LogP contribution in [0.5, 0.6) is 0 Å². The SMILES string of the molecule is N#Cc1ccc(C(N)c2cc3cc(F)ccc3o2)cc1. The Hall–Kier alpha value is -2.64. The highest BCUT2D eigenvalue weighted by atomic mass is 19.1. The topological polar surface area (TPSA) is 63.0 Å². The molecule has 0 aliphatic carbocycles. The summed E-state index contributed by atoms with van der Waals surface area (Å²) in [4.78, 5) is 0. The van der Waals surface area contributed by atoms with Crippen molar-refractivity contribution in [3.05, 3.63) is 71.2 Å². The molecule has 0 aliphatic heterocycles. The van der Waals surface area contributed by atoms with Gasteiger partial charge in [0.25, 0.3) is 0 Å². The number of fused-ring (bicyclic) bond motifs is 1. The second kappa shape index (κ2) is 4.80. The van der Waals surface area contributed by atoms with Crippen molar-refractivity contribution in [1.29, 1.82) is 5.26 Å². The zero-order chi connectivity index (χ0) is 14.1. The van der Waals surface area contributed by atoms with Crippen LogP contribution < -0.4 is 5.73 Å². The van der Waals surface area contributed by atoms with Crippen molar-refractivity contribution < 1.29 is 8.81 Å². The summed E-state index contributed by atoms with van der Waals surface area (Å²) in [6.45, 7) is 0. The molecule has 2 N–H and O–H groups in total. The second-order valence-electron chi connectivity index (χ2n) is 4.54. The quantitative estimate of drug-likeness (QED) is 0.772. The third-order valence-electron chi connectivity index (χ3n) is 3.20. The summed E-state index contributed by atoms with van der Waals surface area (Å²) in [7, 11) is 0. The van der Waals surface area contributed by atoms with Crippen molar-refractivity contribution in [2.75, 3.05) is 0 Å². The lowest BCUT2D eigenvalue weighted by molar-refractivity contribution is 0.524. The number of hydrogen-bond donors (Lipinski definition) is 1. The molecule has 1 aromatic heterocycles. The number of furan rings is 1. The van der Waals surface area contributed by atoms with Crippen molar-refractivity contribution in [3.8, 4) is 6.07 Å². The Morgan fingerprint density at radius 3 is 2.55 bits per heavy atom. The fraction of sp³-hybridized carbons (Fsp3) is 0.0625. The van der Waals surface area contributed by atoms with Gasteiger partial charge >= 0.3 is 0 Å². The maximum absolute atomic E-state index is 13.1.